The lowest BCUT2D eigenvalue weighted by molar-refractivity contribution is -0.133. The fourth-order valence-electron chi connectivity index (χ4n) is 4.67. The molecular weight excluding hydrogens is 506 g/mol. The van der Waals surface area contributed by atoms with Crippen molar-refractivity contribution in [1.82, 2.24) is 9.80 Å². The van der Waals surface area contributed by atoms with Crippen LogP contribution in [0.1, 0.15) is 31.9 Å². The number of carbonyl (C=O) groups excluding carboxylic acids is 2. The van der Waals surface area contributed by atoms with E-state index in [9.17, 15) is 9.59 Å². The van der Waals surface area contributed by atoms with Gasteiger partial charge in [-0.05, 0) is 92.5 Å². The molecule has 0 unspecified atom stereocenters. The number of ether oxygens (including phenoxy) is 1. The van der Waals surface area contributed by atoms with E-state index in [0.717, 1.165) is 41.2 Å². The van der Waals surface area contributed by atoms with Gasteiger partial charge in [0.05, 0.1) is 6.54 Å². The van der Waals surface area contributed by atoms with Crippen LogP contribution in [0, 0.1) is 6.92 Å². The van der Waals surface area contributed by atoms with Crippen LogP contribution in [0.5, 0.6) is 5.75 Å². The van der Waals surface area contributed by atoms with Crippen LogP contribution >= 0.6 is 12.2 Å². The maximum absolute atomic E-state index is 13.0. The van der Waals surface area contributed by atoms with Gasteiger partial charge in [-0.3, -0.25) is 19.4 Å². The molecule has 4 rings (SSSR count). The number of hydrogen-bond acceptors (Lipinski definition) is 5. The summed E-state index contributed by atoms with van der Waals surface area (Å²) in [5.41, 5.74) is 5.36. The van der Waals surface area contributed by atoms with Crippen LogP contribution in [-0.2, 0) is 9.59 Å². The van der Waals surface area contributed by atoms with Gasteiger partial charge in [-0.1, -0.05) is 48.5 Å². The van der Waals surface area contributed by atoms with E-state index in [2.05, 4.69) is 42.2 Å². The van der Waals surface area contributed by atoms with Crippen molar-refractivity contribution in [1.29, 1.82) is 0 Å². The molecule has 39 heavy (non-hydrogen) atoms. The highest BCUT2D eigenvalue weighted by Gasteiger charge is 2.37. The van der Waals surface area contributed by atoms with Crippen molar-refractivity contribution in [2.75, 3.05) is 37.7 Å². The molecule has 1 saturated heterocycles. The smallest absolute Gasteiger partial charge is 0.265 e. The first-order chi connectivity index (χ1) is 18.9. The van der Waals surface area contributed by atoms with E-state index in [1.54, 1.807) is 6.08 Å². The summed E-state index contributed by atoms with van der Waals surface area (Å²) in [6, 6.07) is 24.5. The number of likely N-dealkylation sites (N-methyl/N-ethyl adjacent to an activating group) is 3. The first kappa shape index (κ1) is 28.0. The third kappa shape index (κ3) is 6.20. The van der Waals surface area contributed by atoms with Crippen molar-refractivity contribution in [3.8, 4) is 16.9 Å². The van der Waals surface area contributed by atoms with Crippen molar-refractivity contribution >= 4 is 40.9 Å². The van der Waals surface area contributed by atoms with Gasteiger partial charge in [0, 0.05) is 25.3 Å². The van der Waals surface area contributed by atoms with Crippen LogP contribution in [0.15, 0.2) is 78.4 Å². The molecule has 1 aliphatic heterocycles. The molecular formula is C32H35N3O3S. The molecule has 0 N–H and O–H groups in total. The quantitative estimate of drug-likeness (QED) is 0.181. The first-order valence-electron chi connectivity index (χ1n) is 13.4. The van der Waals surface area contributed by atoms with Crippen LogP contribution < -0.4 is 9.64 Å². The average molecular weight is 542 g/mol. The number of aryl methyl sites for hydroxylation is 1. The monoisotopic (exact) mass is 541 g/mol. The zero-order valence-corrected chi connectivity index (χ0v) is 23.8. The highest BCUT2D eigenvalue weighted by atomic mass is 32.1. The van der Waals surface area contributed by atoms with E-state index < -0.39 is 0 Å². The Bertz CT molecular complexity index is 1340. The summed E-state index contributed by atoms with van der Waals surface area (Å²) in [6.45, 7) is 10.7. The van der Waals surface area contributed by atoms with Crippen molar-refractivity contribution in [3.63, 3.8) is 0 Å². The number of rotatable bonds is 10. The average Bonchev–Trinajstić information content (AvgIpc) is 2.95. The van der Waals surface area contributed by atoms with Crippen LogP contribution in [-0.4, -0.2) is 59.5 Å². The Morgan fingerprint density at radius 1 is 0.846 bits per heavy atom. The molecule has 1 fully saturated rings. The molecule has 0 saturated carbocycles. The fourth-order valence-corrected chi connectivity index (χ4v) is 5.10. The summed E-state index contributed by atoms with van der Waals surface area (Å²) in [4.78, 5) is 31.2. The Labute approximate surface area is 236 Å². The zero-order chi connectivity index (χ0) is 27.9. The van der Waals surface area contributed by atoms with Gasteiger partial charge in [0.2, 0.25) is 0 Å². The van der Waals surface area contributed by atoms with Crippen LogP contribution in [0.25, 0.3) is 17.2 Å². The van der Waals surface area contributed by atoms with Gasteiger partial charge < -0.3 is 9.64 Å². The van der Waals surface area contributed by atoms with Gasteiger partial charge in [0.15, 0.2) is 5.11 Å². The molecule has 1 heterocycles. The number of amides is 2. The molecule has 3 aromatic carbocycles. The number of hydrogen-bond donors (Lipinski definition) is 0. The fraction of sp³-hybridized carbons (Fsp3) is 0.281. The van der Waals surface area contributed by atoms with E-state index in [0.29, 0.717) is 19.7 Å². The molecule has 3 aromatic rings. The number of anilines is 1. The van der Waals surface area contributed by atoms with Crippen molar-refractivity contribution in [2.24, 2.45) is 0 Å². The standard InChI is InChI=1S/C32H35N3O3S/c1-5-33(19-20-38-28-17-14-25(15-18-28)24-11-9-8-10-12-24)27-16-13-26(23(4)21-27)22-29-30(36)34(6-2)32(39)35(7-3)31(29)37/h8-18,21-22H,5-7,19-20H2,1-4H3. The Balaban J connectivity index is 1.43. The maximum atomic E-state index is 13.0. The normalized spacial score (nSPS) is 13.6. The van der Waals surface area contributed by atoms with Crippen LogP contribution in [0.2, 0.25) is 0 Å². The topological polar surface area (TPSA) is 53.1 Å². The van der Waals surface area contributed by atoms with Gasteiger partial charge in [0.1, 0.15) is 17.9 Å². The number of thiocarbonyl (C=S) groups is 1. The van der Waals surface area contributed by atoms with Crippen molar-refractivity contribution < 1.29 is 14.3 Å². The Morgan fingerprint density at radius 3 is 2.03 bits per heavy atom. The molecule has 202 valence electrons. The highest BCUT2D eigenvalue weighted by molar-refractivity contribution is 7.80. The second-order valence-corrected chi connectivity index (χ2v) is 9.66. The summed E-state index contributed by atoms with van der Waals surface area (Å²) in [7, 11) is 0. The molecule has 1 aliphatic rings. The zero-order valence-electron chi connectivity index (χ0n) is 23.0. The predicted molar refractivity (Wildman–Crippen MR) is 162 cm³/mol. The van der Waals surface area contributed by atoms with E-state index >= 15 is 0 Å². The molecule has 0 aromatic heterocycles. The van der Waals surface area contributed by atoms with Crippen LogP contribution in [0.4, 0.5) is 5.69 Å². The van der Waals surface area contributed by atoms with E-state index in [1.165, 1.54) is 15.4 Å². The summed E-state index contributed by atoms with van der Waals surface area (Å²) in [5, 5.41) is 0.271. The largest absolute Gasteiger partial charge is 0.492 e. The molecule has 0 bridgehead atoms. The van der Waals surface area contributed by atoms with Crippen LogP contribution in [0.3, 0.4) is 0 Å². The molecule has 0 atom stereocenters. The van der Waals surface area contributed by atoms with Gasteiger partial charge in [-0.2, -0.15) is 0 Å². The lowest BCUT2D eigenvalue weighted by Crippen LogP contribution is -2.55. The molecule has 0 radical (unpaired) electrons. The molecule has 7 heteroatoms. The summed E-state index contributed by atoms with van der Waals surface area (Å²) < 4.78 is 6.03. The van der Waals surface area contributed by atoms with E-state index in [1.807, 2.05) is 63.2 Å². The number of carbonyl (C=O) groups is 2. The third-order valence-electron chi connectivity index (χ3n) is 6.94. The van der Waals surface area contributed by atoms with E-state index in [-0.39, 0.29) is 22.5 Å². The SMILES string of the molecule is CCN1C(=O)C(=Cc2ccc(N(CC)CCOc3ccc(-c4ccccc4)cc3)cc2C)C(=O)N(CC)C1=S. The highest BCUT2D eigenvalue weighted by Crippen LogP contribution is 2.25. The first-order valence-corrected chi connectivity index (χ1v) is 13.8. The maximum Gasteiger partial charge on any atom is 0.265 e. The van der Waals surface area contributed by atoms with Crippen molar-refractivity contribution in [3.05, 3.63) is 89.5 Å². The second kappa shape index (κ2) is 12.7. The minimum absolute atomic E-state index is 0.141. The van der Waals surface area contributed by atoms with Gasteiger partial charge in [-0.25, -0.2) is 0 Å². The minimum atomic E-state index is -0.343. The Morgan fingerprint density at radius 2 is 1.46 bits per heavy atom. The summed E-state index contributed by atoms with van der Waals surface area (Å²) >= 11 is 5.36. The Kier molecular flexibility index (Phi) is 9.15. The van der Waals surface area contributed by atoms with Gasteiger partial charge in [-0.15, -0.1) is 0 Å². The molecule has 2 amide bonds. The molecule has 0 aliphatic carbocycles. The summed E-state index contributed by atoms with van der Waals surface area (Å²) in [5.74, 6) is 0.155. The number of nitrogens with zero attached hydrogens (tertiary/aromatic N) is 3. The van der Waals surface area contributed by atoms with Crippen molar-refractivity contribution in [2.45, 2.75) is 27.7 Å². The van der Waals surface area contributed by atoms with Gasteiger partial charge in [0.25, 0.3) is 11.8 Å². The van der Waals surface area contributed by atoms with E-state index in [4.69, 9.17) is 17.0 Å². The third-order valence-corrected chi connectivity index (χ3v) is 7.38. The Hall–Kier alpha value is -3.97. The summed E-state index contributed by atoms with van der Waals surface area (Å²) in [6.07, 6.45) is 1.69. The molecule has 0 spiro atoms. The second-order valence-electron chi connectivity index (χ2n) is 9.30. The van der Waals surface area contributed by atoms with Gasteiger partial charge >= 0.3 is 0 Å². The predicted octanol–water partition coefficient (Wildman–Crippen LogP) is 5.95. The number of benzene rings is 3. The lowest BCUT2D eigenvalue weighted by Gasteiger charge is -2.35. The minimum Gasteiger partial charge on any atom is -0.492 e. The molecule has 6 nitrogen and oxygen atoms in total. The lowest BCUT2D eigenvalue weighted by atomic mass is 10.0.